The maximum absolute atomic E-state index is 12.8. The molecule has 7 heteroatoms. The Labute approximate surface area is 162 Å². The summed E-state index contributed by atoms with van der Waals surface area (Å²) in [6.07, 6.45) is 4.19. The van der Waals surface area contributed by atoms with Crippen LogP contribution in [0.3, 0.4) is 0 Å². The van der Waals surface area contributed by atoms with Crippen molar-refractivity contribution in [2.24, 2.45) is 0 Å². The first-order valence-corrected chi connectivity index (χ1v) is 9.33. The Morgan fingerprint density at radius 2 is 2.00 bits per heavy atom. The number of furan rings is 1. The molecule has 1 unspecified atom stereocenters. The highest BCUT2D eigenvalue weighted by Crippen LogP contribution is 2.41. The van der Waals surface area contributed by atoms with Crippen LogP contribution in [-0.2, 0) is 9.59 Å². The molecule has 3 heterocycles. The lowest BCUT2D eigenvalue weighted by molar-refractivity contribution is -0.140. The molecule has 1 aromatic carbocycles. The summed E-state index contributed by atoms with van der Waals surface area (Å²) in [5.74, 6) is -0.100. The van der Waals surface area contributed by atoms with Gasteiger partial charge in [0.25, 0.3) is 11.7 Å². The minimum atomic E-state index is -0.753. The minimum absolute atomic E-state index is 0.0234. The molecular formula is C21H21NO6. The third kappa shape index (κ3) is 3.02. The van der Waals surface area contributed by atoms with E-state index in [0.29, 0.717) is 29.4 Å². The summed E-state index contributed by atoms with van der Waals surface area (Å²) in [6.45, 7) is 2.59. The van der Waals surface area contributed by atoms with Crippen molar-refractivity contribution in [3.8, 4) is 11.5 Å². The van der Waals surface area contributed by atoms with Crippen LogP contribution in [0.25, 0.3) is 5.76 Å². The number of likely N-dealkylation sites (tertiary alicyclic amines) is 1. The molecule has 1 aromatic heterocycles. The predicted octanol–water partition coefficient (Wildman–Crippen LogP) is 3.62. The normalized spacial score (nSPS) is 20.2. The fourth-order valence-corrected chi connectivity index (χ4v) is 3.58. The Morgan fingerprint density at radius 1 is 1.18 bits per heavy atom. The molecule has 0 bridgehead atoms. The molecule has 1 amide bonds. The molecular weight excluding hydrogens is 362 g/mol. The van der Waals surface area contributed by atoms with Gasteiger partial charge in [-0.25, -0.2) is 0 Å². The third-order valence-electron chi connectivity index (χ3n) is 5.00. The van der Waals surface area contributed by atoms with Crippen molar-refractivity contribution in [1.29, 1.82) is 0 Å². The van der Waals surface area contributed by atoms with E-state index >= 15 is 0 Å². The molecule has 1 saturated heterocycles. The van der Waals surface area contributed by atoms with Crippen LogP contribution in [0.5, 0.6) is 11.5 Å². The summed E-state index contributed by atoms with van der Waals surface area (Å²) in [5.41, 5.74) is 0.405. The Bertz CT molecular complexity index is 930. The van der Waals surface area contributed by atoms with Gasteiger partial charge in [0.1, 0.15) is 17.6 Å². The van der Waals surface area contributed by atoms with Crippen LogP contribution in [0.2, 0.25) is 0 Å². The molecule has 7 nitrogen and oxygen atoms in total. The smallest absolute Gasteiger partial charge is 0.295 e. The van der Waals surface area contributed by atoms with Crippen molar-refractivity contribution in [3.05, 3.63) is 53.5 Å². The van der Waals surface area contributed by atoms with Gasteiger partial charge in [-0.2, -0.15) is 0 Å². The van der Waals surface area contributed by atoms with Gasteiger partial charge < -0.3 is 23.9 Å². The summed E-state index contributed by atoms with van der Waals surface area (Å²) in [5, 5.41) is 10.9. The second-order valence-electron chi connectivity index (χ2n) is 6.78. The minimum Gasteiger partial charge on any atom is -0.507 e. The fraction of sp³-hybridized carbons (Fsp3) is 0.333. The first kappa shape index (κ1) is 18.2. The molecule has 1 fully saturated rings. The highest BCUT2D eigenvalue weighted by atomic mass is 16.7. The summed E-state index contributed by atoms with van der Waals surface area (Å²) in [4.78, 5) is 27.0. The van der Waals surface area contributed by atoms with E-state index in [1.807, 2.05) is 0 Å². The average molecular weight is 383 g/mol. The number of amides is 1. The first-order valence-electron chi connectivity index (χ1n) is 9.33. The zero-order chi connectivity index (χ0) is 19.7. The van der Waals surface area contributed by atoms with E-state index in [-0.39, 0.29) is 18.1 Å². The molecule has 146 valence electrons. The van der Waals surface area contributed by atoms with Gasteiger partial charge in [0, 0.05) is 12.1 Å². The Hall–Kier alpha value is -3.22. The molecule has 28 heavy (non-hydrogen) atoms. The lowest BCUT2D eigenvalue weighted by Gasteiger charge is -2.23. The van der Waals surface area contributed by atoms with Gasteiger partial charge in [-0.05, 0) is 36.8 Å². The van der Waals surface area contributed by atoms with E-state index in [4.69, 9.17) is 13.9 Å². The number of ether oxygens (including phenoxy) is 2. The van der Waals surface area contributed by atoms with Crippen LogP contribution in [0.15, 0.2) is 46.6 Å². The standard InChI is InChI=1S/C21H21NO6/c1-2-3-4-9-22-18(15-6-5-10-26-15)17(20(24)21(22)25)19(23)13-7-8-14-16(11-13)28-12-27-14/h5-8,10-11,18,23H,2-4,9,12H2,1H3/b19-17-. The fourth-order valence-electron chi connectivity index (χ4n) is 3.58. The van der Waals surface area contributed by atoms with Gasteiger partial charge in [-0.15, -0.1) is 0 Å². The molecule has 4 rings (SSSR count). The number of ketones is 1. The number of hydrogen-bond donors (Lipinski definition) is 1. The van der Waals surface area contributed by atoms with Crippen LogP contribution in [-0.4, -0.2) is 35.0 Å². The van der Waals surface area contributed by atoms with Crippen LogP contribution in [0.1, 0.15) is 43.6 Å². The lowest BCUT2D eigenvalue weighted by Crippen LogP contribution is -2.30. The molecule has 0 saturated carbocycles. The lowest BCUT2D eigenvalue weighted by atomic mass is 9.99. The van der Waals surface area contributed by atoms with Crippen molar-refractivity contribution < 1.29 is 28.6 Å². The maximum Gasteiger partial charge on any atom is 0.295 e. The number of fused-ring (bicyclic) bond motifs is 1. The monoisotopic (exact) mass is 383 g/mol. The Balaban J connectivity index is 1.77. The number of aliphatic hydroxyl groups is 1. The van der Waals surface area contributed by atoms with Gasteiger partial charge in [-0.1, -0.05) is 19.8 Å². The topological polar surface area (TPSA) is 89.2 Å². The summed E-state index contributed by atoms with van der Waals surface area (Å²) in [6, 6.07) is 7.54. The third-order valence-corrected chi connectivity index (χ3v) is 5.00. The maximum atomic E-state index is 12.8. The SMILES string of the molecule is CCCCCN1C(=O)C(=O)/C(=C(\O)c2ccc3c(c2)OCO3)C1c1ccco1. The highest BCUT2D eigenvalue weighted by Gasteiger charge is 2.47. The average Bonchev–Trinajstić information content (AvgIpc) is 3.43. The van der Waals surface area contributed by atoms with Crippen molar-refractivity contribution in [2.75, 3.05) is 13.3 Å². The van der Waals surface area contributed by atoms with Gasteiger partial charge in [0.2, 0.25) is 6.79 Å². The van der Waals surface area contributed by atoms with Crippen molar-refractivity contribution >= 4 is 17.4 Å². The van der Waals surface area contributed by atoms with Gasteiger partial charge in [-0.3, -0.25) is 9.59 Å². The van der Waals surface area contributed by atoms with Crippen LogP contribution >= 0.6 is 0 Å². The first-order chi connectivity index (χ1) is 13.6. The van der Waals surface area contributed by atoms with E-state index < -0.39 is 17.7 Å². The molecule has 2 aromatic rings. The number of nitrogens with zero attached hydrogens (tertiary/aromatic N) is 1. The van der Waals surface area contributed by atoms with E-state index in [2.05, 4.69) is 6.92 Å². The number of carbonyl (C=O) groups excluding carboxylic acids is 2. The summed E-state index contributed by atoms with van der Waals surface area (Å²) >= 11 is 0. The zero-order valence-electron chi connectivity index (χ0n) is 15.5. The molecule has 0 aliphatic carbocycles. The number of Topliss-reactive ketones (excluding diaryl/α,β-unsaturated/α-hetero) is 1. The summed E-state index contributed by atoms with van der Waals surface area (Å²) in [7, 11) is 0. The van der Waals surface area contributed by atoms with Gasteiger partial charge in [0.05, 0.1) is 11.8 Å². The quantitative estimate of drug-likeness (QED) is 0.355. The molecule has 1 N–H and O–H groups in total. The van der Waals surface area contributed by atoms with Crippen LogP contribution in [0, 0.1) is 0 Å². The van der Waals surface area contributed by atoms with Crippen LogP contribution in [0.4, 0.5) is 0 Å². The number of carbonyl (C=O) groups is 2. The van der Waals surface area contributed by atoms with E-state index in [1.165, 1.54) is 11.2 Å². The molecule has 1 atom stereocenters. The molecule has 0 radical (unpaired) electrons. The van der Waals surface area contributed by atoms with Crippen molar-refractivity contribution in [2.45, 2.75) is 32.2 Å². The van der Waals surface area contributed by atoms with E-state index in [9.17, 15) is 14.7 Å². The van der Waals surface area contributed by atoms with Gasteiger partial charge >= 0.3 is 0 Å². The van der Waals surface area contributed by atoms with Crippen LogP contribution < -0.4 is 9.47 Å². The number of rotatable bonds is 6. The predicted molar refractivity (Wildman–Crippen MR) is 99.8 cm³/mol. The van der Waals surface area contributed by atoms with E-state index in [1.54, 1.807) is 30.3 Å². The van der Waals surface area contributed by atoms with E-state index in [0.717, 1.165) is 19.3 Å². The second-order valence-corrected chi connectivity index (χ2v) is 6.78. The van der Waals surface area contributed by atoms with Gasteiger partial charge in [0.15, 0.2) is 11.5 Å². The Kier molecular flexibility index (Phi) is 4.81. The molecule has 2 aliphatic rings. The summed E-state index contributed by atoms with van der Waals surface area (Å²) < 4.78 is 16.1. The molecule has 2 aliphatic heterocycles. The molecule has 0 spiro atoms. The number of hydrogen-bond acceptors (Lipinski definition) is 6. The number of benzene rings is 1. The number of unbranched alkanes of at least 4 members (excludes halogenated alkanes) is 2. The number of aliphatic hydroxyl groups excluding tert-OH is 1. The Morgan fingerprint density at radius 3 is 2.75 bits per heavy atom. The van der Waals surface area contributed by atoms with Crippen molar-refractivity contribution in [1.82, 2.24) is 4.90 Å². The highest BCUT2D eigenvalue weighted by molar-refractivity contribution is 6.46. The second kappa shape index (κ2) is 7.42. The largest absolute Gasteiger partial charge is 0.507 e. The van der Waals surface area contributed by atoms with Crippen molar-refractivity contribution in [3.63, 3.8) is 0 Å². The zero-order valence-corrected chi connectivity index (χ0v) is 15.5.